The Hall–Kier alpha value is -2.89. The average Bonchev–Trinajstić information content (AvgIpc) is 2.97. The van der Waals surface area contributed by atoms with Crippen molar-refractivity contribution >= 4 is 11.6 Å². The fourth-order valence-electron chi connectivity index (χ4n) is 2.12. The number of nitrogens with zero attached hydrogens (tertiary/aromatic N) is 3. The van der Waals surface area contributed by atoms with Crippen LogP contribution in [-0.4, -0.2) is 34.8 Å². The number of esters is 1. The number of carbonyl (C=O) groups excluding carboxylic acids is 1. The lowest BCUT2D eigenvalue weighted by atomic mass is 10.2. The van der Waals surface area contributed by atoms with Crippen LogP contribution in [0.4, 0.5) is 0 Å². The third-order valence-electron chi connectivity index (χ3n) is 3.12. The highest BCUT2D eigenvalue weighted by molar-refractivity contribution is 5.95. The number of para-hydroxylation sites is 1. The minimum Gasteiger partial charge on any atom is -0.496 e. The minimum atomic E-state index is -0.445. The van der Waals surface area contributed by atoms with E-state index in [0.29, 0.717) is 22.8 Å². The predicted molar refractivity (Wildman–Crippen MR) is 76.3 cm³/mol. The Morgan fingerprint density at radius 1 is 1.14 bits per heavy atom. The Kier molecular flexibility index (Phi) is 3.27. The van der Waals surface area contributed by atoms with Crippen LogP contribution in [0.15, 0.2) is 42.6 Å². The third kappa shape index (κ3) is 2.20. The number of hydrogen-bond donors (Lipinski definition) is 0. The summed E-state index contributed by atoms with van der Waals surface area (Å²) in [6, 6.07) is 10.8. The molecule has 0 amide bonds. The number of hydrogen-bond acceptors (Lipinski definition) is 5. The van der Waals surface area contributed by atoms with Gasteiger partial charge in [-0.2, -0.15) is 0 Å². The maximum absolute atomic E-state index is 11.8. The second-order valence-electron chi connectivity index (χ2n) is 4.32. The third-order valence-corrected chi connectivity index (χ3v) is 3.12. The zero-order valence-electron chi connectivity index (χ0n) is 11.6. The van der Waals surface area contributed by atoms with Crippen molar-refractivity contribution in [1.82, 2.24) is 14.6 Å². The number of ether oxygens (including phenoxy) is 2. The highest BCUT2D eigenvalue weighted by Crippen LogP contribution is 2.27. The predicted octanol–water partition coefficient (Wildman–Crippen LogP) is 2.19. The van der Waals surface area contributed by atoms with Crippen molar-refractivity contribution in [3.63, 3.8) is 0 Å². The van der Waals surface area contributed by atoms with Crippen molar-refractivity contribution in [2.45, 2.75) is 0 Å². The van der Waals surface area contributed by atoms with Gasteiger partial charge in [-0.1, -0.05) is 12.1 Å². The standard InChI is InChI=1S/C15H13N3O3/c1-20-12-8-4-3-6-10(12)13-16-14-11(15(19)21-2)7-5-9-18(14)17-13/h3-9H,1-2H3. The Labute approximate surface area is 120 Å². The highest BCUT2D eigenvalue weighted by atomic mass is 16.5. The van der Waals surface area contributed by atoms with E-state index >= 15 is 0 Å². The van der Waals surface area contributed by atoms with Crippen molar-refractivity contribution in [3.8, 4) is 17.1 Å². The lowest BCUT2D eigenvalue weighted by Gasteiger charge is -2.03. The van der Waals surface area contributed by atoms with E-state index in [1.165, 1.54) is 7.11 Å². The molecule has 106 valence electrons. The van der Waals surface area contributed by atoms with Gasteiger partial charge in [0.15, 0.2) is 11.5 Å². The van der Waals surface area contributed by atoms with E-state index in [1.807, 2.05) is 24.3 Å². The molecule has 0 unspecified atom stereocenters. The molecule has 0 saturated heterocycles. The summed E-state index contributed by atoms with van der Waals surface area (Å²) < 4.78 is 11.6. The van der Waals surface area contributed by atoms with Gasteiger partial charge in [0, 0.05) is 6.20 Å². The second kappa shape index (κ2) is 5.24. The molecule has 3 rings (SSSR count). The van der Waals surface area contributed by atoms with Crippen LogP contribution in [0.2, 0.25) is 0 Å². The van der Waals surface area contributed by atoms with Crippen molar-refractivity contribution in [2.75, 3.05) is 14.2 Å². The summed E-state index contributed by atoms with van der Waals surface area (Å²) >= 11 is 0. The molecule has 0 aliphatic heterocycles. The number of rotatable bonds is 3. The Balaban J connectivity index is 2.20. The number of fused-ring (bicyclic) bond motifs is 1. The second-order valence-corrected chi connectivity index (χ2v) is 4.32. The zero-order chi connectivity index (χ0) is 14.8. The van der Waals surface area contributed by atoms with Crippen molar-refractivity contribution < 1.29 is 14.3 Å². The molecule has 0 atom stereocenters. The number of benzene rings is 1. The van der Waals surface area contributed by atoms with E-state index in [-0.39, 0.29) is 0 Å². The monoisotopic (exact) mass is 283 g/mol. The van der Waals surface area contributed by atoms with Gasteiger partial charge in [-0.05, 0) is 24.3 Å². The SMILES string of the molecule is COC(=O)c1cccn2nc(-c3ccccc3OC)nc12. The van der Waals surface area contributed by atoms with Gasteiger partial charge in [-0.3, -0.25) is 0 Å². The smallest absolute Gasteiger partial charge is 0.341 e. The molecule has 6 nitrogen and oxygen atoms in total. The molecule has 0 spiro atoms. The lowest BCUT2D eigenvalue weighted by Crippen LogP contribution is -2.04. The van der Waals surface area contributed by atoms with Crippen LogP contribution in [0.5, 0.6) is 5.75 Å². The summed E-state index contributed by atoms with van der Waals surface area (Å²) in [5, 5.41) is 4.39. The molecule has 0 N–H and O–H groups in total. The number of methoxy groups -OCH3 is 2. The quantitative estimate of drug-likeness (QED) is 0.689. The molecule has 2 heterocycles. The van der Waals surface area contributed by atoms with Gasteiger partial charge in [0.05, 0.1) is 19.8 Å². The van der Waals surface area contributed by atoms with Gasteiger partial charge in [-0.15, -0.1) is 5.10 Å². The molecule has 2 aromatic heterocycles. The fraction of sp³-hybridized carbons (Fsp3) is 0.133. The molecular weight excluding hydrogens is 270 g/mol. The number of aromatic nitrogens is 3. The van der Waals surface area contributed by atoms with E-state index in [2.05, 4.69) is 10.1 Å². The molecule has 21 heavy (non-hydrogen) atoms. The average molecular weight is 283 g/mol. The van der Waals surface area contributed by atoms with Crippen LogP contribution in [0.1, 0.15) is 10.4 Å². The van der Waals surface area contributed by atoms with Crippen molar-refractivity contribution in [3.05, 3.63) is 48.2 Å². The molecule has 1 aromatic carbocycles. The van der Waals surface area contributed by atoms with Crippen molar-refractivity contribution in [2.24, 2.45) is 0 Å². The van der Waals surface area contributed by atoms with E-state index in [4.69, 9.17) is 9.47 Å². The van der Waals surface area contributed by atoms with Crippen LogP contribution in [0, 0.1) is 0 Å². The first-order chi connectivity index (χ1) is 10.2. The Morgan fingerprint density at radius 2 is 1.95 bits per heavy atom. The van der Waals surface area contributed by atoms with Gasteiger partial charge < -0.3 is 9.47 Å². The molecule has 0 saturated carbocycles. The molecular formula is C15H13N3O3. The molecule has 0 aliphatic carbocycles. The van der Waals surface area contributed by atoms with Crippen molar-refractivity contribution in [1.29, 1.82) is 0 Å². The number of pyridine rings is 1. The summed E-state index contributed by atoms with van der Waals surface area (Å²) in [5.74, 6) is 0.719. The summed E-state index contributed by atoms with van der Waals surface area (Å²) in [6.07, 6.45) is 1.73. The molecule has 0 fully saturated rings. The van der Waals surface area contributed by atoms with Gasteiger partial charge in [0.1, 0.15) is 11.3 Å². The molecule has 0 aliphatic rings. The summed E-state index contributed by atoms with van der Waals surface area (Å²) in [6.45, 7) is 0. The first-order valence-electron chi connectivity index (χ1n) is 6.31. The molecule has 6 heteroatoms. The fourth-order valence-corrected chi connectivity index (χ4v) is 2.12. The largest absolute Gasteiger partial charge is 0.496 e. The summed E-state index contributed by atoms with van der Waals surface area (Å²) in [4.78, 5) is 16.2. The Bertz CT molecular complexity index is 811. The van der Waals surface area contributed by atoms with Crippen LogP contribution >= 0.6 is 0 Å². The van der Waals surface area contributed by atoms with Crippen LogP contribution in [0.3, 0.4) is 0 Å². The first-order valence-corrected chi connectivity index (χ1v) is 6.31. The van der Waals surface area contributed by atoms with E-state index in [9.17, 15) is 4.79 Å². The van der Waals surface area contributed by atoms with Gasteiger partial charge in [0.2, 0.25) is 0 Å². The maximum Gasteiger partial charge on any atom is 0.341 e. The van der Waals surface area contributed by atoms with E-state index < -0.39 is 5.97 Å². The number of carbonyl (C=O) groups is 1. The normalized spacial score (nSPS) is 10.6. The van der Waals surface area contributed by atoms with Crippen LogP contribution in [0.25, 0.3) is 17.0 Å². The molecule has 0 radical (unpaired) electrons. The topological polar surface area (TPSA) is 65.7 Å². The lowest BCUT2D eigenvalue weighted by molar-refractivity contribution is 0.0602. The van der Waals surface area contributed by atoms with Crippen LogP contribution < -0.4 is 4.74 Å². The summed E-state index contributed by atoms with van der Waals surface area (Å²) in [5.41, 5.74) is 1.58. The summed E-state index contributed by atoms with van der Waals surface area (Å²) in [7, 11) is 2.93. The van der Waals surface area contributed by atoms with Gasteiger partial charge >= 0.3 is 5.97 Å². The first kappa shape index (κ1) is 13.1. The molecule has 3 aromatic rings. The molecule has 0 bridgehead atoms. The van der Waals surface area contributed by atoms with Crippen LogP contribution in [-0.2, 0) is 4.74 Å². The Morgan fingerprint density at radius 3 is 2.71 bits per heavy atom. The minimum absolute atomic E-state index is 0.369. The maximum atomic E-state index is 11.8. The van der Waals surface area contributed by atoms with Gasteiger partial charge in [-0.25, -0.2) is 14.3 Å². The zero-order valence-corrected chi connectivity index (χ0v) is 11.6. The van der Waals surface area contributed by atoms with Gasteiger partial charge in [0.25, 0.3) is 0 Å². The van der Waals surface area contributed by atoms with E-state index in [1.54, 1.807) is 30.0 Å². The highest BCUT2D eigenvalue weighted by Gasteiger charge is 2.16. The van der Waals surface area contributed by atoms with E-state index in [0.717, 1.165) is 5.56 Å².